The lowest BCUT2D eigenvalue weighted by Gasteiger charge is -2.36. The number of aromatic nitrogens is 2. The van der Waals surface area contributed by atoms with Crippen LogP contribution in [0.25, 0.3) is 10.9 Å². The van der Waals surface area contributed by atoms with Gasteiger partial charge in [0.15, 0.2) is 5.60 Å². The maximum atomic E-state index is 12.2. The first-order chi connectivity index (χ1) is 14.0. The molecule has 0 saturated heterocycles. The number of ether oxygens (including phenoxy) is 2. The largest absolute Gasteiger partial charge is 0.467 e. The van der Waals surface area contributed by atoms with Gasteiger partial charge in [-0.2, -0.15) is 0 Å². The van der Waals surface area contributed by atoms with E-state index in [0.717, 1.165) is 47.6 Å². The molecule has 1 fully saturated rings. The van der Waals surface area contributed by atoms with Gasteiger partial charge >= 0.3 is 5.97 Å². The molecule has 0 unspecified atom stereocenters. The summed E-state index contributed by atoms with van der Waals surface area (Å²) in [5.41, 5.74) is 2.23. The molecule has 7 heteroatoms. The normalized spacial score (nSPS) is 24.2. The number of nitrogens with zero attached hydrogens (tertiary/aromatic N) is 3. The minimum absolute atomic E-state index is 0.199. The fraction of sp³-hybridized carbons (Fsp3) is 0.455. The second-order valence-corrected chi connectivity index (χ2v) is 7.75. The van der Waals surface area contributed by atoms with Crippen LogP contribution in [0.2, 0.25) is 0 Å². The number of fused-ring (bicyclic) bond motifs is 1. The van der Waals surface area contributed by atoms with E-state index in [2.05, 4.69) is 22.2 Å². The van der Waals surface area contributed by atoms with Crippen LogP contribution in [-0.2, 0) is 14.3 Å². The second kappa shape index (κ2) is 7.91. The molecular formula is C22H26N4O3. The lowest BCUT2D eigenvalue weighted by Crippen LogP contribution is -2.44. The Balaban J connectivity index is 1.64. The number of nitrogens with one attached hydrogen (secondary N) is 1. The Morgan fingerprint density at radius 3 is 2.72 bits per heavy atom. The van der Waals surface area contributed by atoms with Gasteiger partial charge < -0.3 is 14.8 Å². The molecular weight excluding hydrogens is 368 g/mol. The first-order valence-electron chi connectivity index (χ1n) is 9.92. The zero-order valence-electron chi connectivity index (χ0n) is 17.1. The number of rotatable bonds is 4. The minimum atomic E-state index is -0.856. The first kappa shape index (κ1) is 19.5. The molecule has 0 aromatic carbocycles. The van der Waals surface area contributed by atoms with Gasteiger partial charge in [0, 0.05) is 24.6 Å². The highest BCUT2D eigenvalue weighted by Crippen LogP contribution is 2.41. The Morgan fingerprint density at radius 1 is 1.28 bits per heavy atom. The molecule has 2 aliphatic rings. The van der Waals surface area contributed by atoms with Crippen molar-refractivity contribution in [3.05, 3.63) is 41.7 Å². The molecule has 0 atom stereocenters. The lowest BCUT2D eigenvalue weighted by molar-refractivity contribution is -0.170. The highest BCUT2D eigenvalue weighted by Gasteiger charge is 2.44. The molecule has 1 aliphatic heterocycles. The Kier molecular flexibility index (Phi) is 5.32. The average Bonchev–Trinajstić information content (AvgIpc) is 3.17. The summed E-state index contributed by atoms with van der Waals surface area (Å²) < 4.78 is 10.6. The maximum Gasteiger partial charge on any atom is 0.338 e. The van der Waals surface area contributed by atoms with Crippen molar-refractivity contribution in [1.82, 2.24) is 9.97 Å². The van der Waals surface area contributed by atoms with E-state index in [1.807, 2.05) is 24.3 Å². The molecule has 0 radical (unpaired) electrons. The van der Waals surface area contributed by atoms with E-state index < -0.39 is 5.60 Å². The highest BCUT2D eigenvalue weighted by molar-refractivity contribution is 6.05. The second-order valence-electron chi connectivity index (χ2n) is 7.75. The number of anilines is 1. The number of hydrogen-bond donors (Lipinski definition) is 1. The van der Waals surface area contributed by atoms with Crippen LogP contribution in [0.4, 0.5) is 5.82 Å². The SMILES string of the molecule is COC(=O)C1(OC)CCC(c2nc(NC3=NCC(C)=C3)cc3cccnc23)CC1. The Bertz CT molecular complexity index is 991. The molecule has 1 aliphatic carbocycles. The molecule has 29 heavy (non-hydrogen) atoms. The molecule has 3 heterocycles. The van der Waals surface area contributed by atoms with Gasteiger partial charge in [-0.25, -0.2) is 9.78 Å². The molecule has 4 rings (SSSR count). The summed E-state index contributed by atoms with van der Waals surface area (Å²) in [5.74, 6) is 1.50. The summed E-state index contributed by atoms with van der Waals surface area (Å²) in [6.07, 6.45) is 6.60. The van der Waals surface area contributed by atoms with E-state index in [4.69, 9.17) is 14.5 Å². The predicted molar refractivity (Wildman–Crippen MR) is 112 cm³/mol. The number of amidine groups is 1. The fourth-order valence-electron chi connectivity index (χ4n) is 4.24. The van der Waals surface area contributed by atoms with Crippen LogP contribution in [0.3, 0.4) is 0 Å². The predicted octanol–water partition coefficient (Wildman–Crippen LogP) is 3.62. The average molecular weight is 394 g/mol. The summed E-state index contributed by atoms with van der Waals surface area (Å²) in [5, 5.41) is 4.37. The molecule has 0 bridgehead atoms. The third kappa shape index (κ3) is 3.74. The van der Waals surface area contributed by atoms with Crippen molar-refractivity contribution in [2.45, 2.75) is 44.1 Å². The summed E-state index contributed by atoms with van der Waals surface area (Å²) in [7, 11) is 2.99. The van der Waals surface area contributed by atoms with Crippen LogP contribution in [0.15, 0.2) is 41.0 Å². The van der Waals surface area contributed by atoms with E-state index >= 15 is 0 Å². The van der Waals surface area contributed by atoms with Crippen molar-refractivity contribution < 1.29 is 14.3 Å². The van der Waals surface area contributed by atoms with Crippen molar-refractivity contribution in [3.8, 4) is 0 Å². The minimum Gasteiger partial charge on any atom is -0.467 e. The topological polar surface area (TPSA) is 85.7 Å². The molecule has 152 valence electrons. The number of aliphatic imine (C=N–C) groups is 1. The molecule has 2 aromatic heterocycles. The van der Waals surface area contributed by atoms with Crippen LogP contribution >= 0.6 is 0 Å². The summed E-state index contributed by atoms with van der Waals surface area (Å²) in [6.45, 7) is 2.78. The molecule has 1 saturated carbocycles. The van der Waals surface area contributed by atoms with Gasteiger partial charge in [0.2, 0.25) is 0 Å². The first-order valence-corrected chi connectivity index (χ1v) is 9.92. The van der Waals surface area contributed by atoms with Crippen LogP contribution in [0.5, 0.6) is 0 Å². The van der Waals surface area contributed by atoms with Crippen molar-refractivity contribution in [1.29, 1.82) is 0 Å². The molecule has 7 nitrogen and oxygen atoms in total. The van der Waals surface area contributed by atoms with Gasteiger partial charge in [-0.15, -0.1) is 0 Å². The fourth-order valence-corrected chi connectivity index (χ4v) is 4.24. The van der Waals surface area contributed by atoms with Gasteiger partial charge in [-0.1, -0.05) is 6.07 Å². The molecule has 0 spiro atoms. The van der Waals surface area contributed by atoms with E-state index in [1.165, 1.54) is 12.7 Å². The Labute approximate surface area is 170 Å². The van der Waals surface area contributed by atoms with Gasteiger partial charge in [-0.3, -0.25) is 9.98 Å². The maximum absolute atomic E-state index is 12.2. The lowest BCUT2D eigenvalue weighted by atomic mass is 9.77. The number of methoxy groups -OCH3 is 2. The Hall–Kier alpha value is -2.80. The van der Waals surface area contributed by atoms with Gasteiger partial charge in [0.05, 0.1) is 24.9 Å². The number of carbonyl (C=O) groups is 1. The smallest absolute Gasteiger partial charge is 0.338 e. The highest BCUT2D eigenvalue weighted by atomic mass is 16.6. The molecule has 2 aromatic rings. The monoisotopic (exact) mass is 394 g/mol. The van der Waals surface area contributed by atoms with Gasteiger partial charge in [0.25, 0.3) is 0 Å². The van der Waals surface area contributed by atoms with E-state index in [-0.39, 0.29) is 11.9 Å². The third-order valence-corrected chi connectivity index (χ3v) is 5.88. The zero-order chi connectivity index (χ0) is 20.4. The van der Waals surface area contributed by atoms with E-state index in [1.54, 1.807) is 13.3 Å². The van der Waals surface area contributed by atoms with E-state index in [9.17, 15) is 4.79 Å². The van der Waals surface area contributed by atoms with Gasteiger partial charge in [0.1, 0.15) is 11.7 Å². The molecule has 0 amide bonds. The summed E-state index contributed by atoms with van der Waals surface area (Å²) in [6, 6.07) is 5.99. The van der Waals surface area contributed by atoms with Crippen LogP contribution in [0.1, 0.15) is 44.2 Å². The third-order valence-electron chi connectivity index (χ3n) is 5.88. The van der Waals surface area contributed by atoms with Crippen molar-refractivity contribution in [2.24, 2.45) is 4.99 Å². The van der Waals surface area contributed by atoms with E-state index in [0.29, 0.717) is 12.8 Å². The van der Waals surface area contributed by atoms with Crippen LogP contribution in [-0.4, -0.2) is 48.1 Å². The number of carbonyl (C=O) groups excluding carboxylic acids is 1. The number of pyridine rings is 2. The van der Waals surface area contributed by atoms with Crippen molar-refractivity contribution in [3.63, 3.8) is 0 Å². The number of hydrogen-bond acceptors (Lipinski definition) is 7. The van der Waals surface area contributed by atoms with Crippen molar-refractivity contribution in [2.75, 3.05) is 26.1 Å². The summed E-state index contributed by atoms with van der Waals surface area (Å²) >= 11 is 0. The quantitative estimate of drug-likeness (QED) is 0.797. The summed E-state index contributed by atoms with van der Waals surface area (Å²) in [4.78, 5) is 26.2. The standard InChI is InChI=1S/C22H26N4O3/c1-14-11-17(24-13-14)25-18-12-16-5-4-10-23-19(16)20(26-18)15-6-8-22(29-3,9-7-15)21(27)28-2/h4-5,10-12,15H,6-9,13H2,1-3H3,(H,24,25,26). The Morgan fingerprint density at radius 2 is 2.07 bits per heavy atom. The van der Waals surface area contributed by atoms with Gasteiger partial charge in [-0.05, 0) is 56.4 Å². The van der Waals surface area contributed by atoms with Crippen molar-refractivity contribution >= 4 is 28.5 Å². The number of esters is 1. The van der Waals surface area contributed by atoms with Crippen LogP contribution in [0, 0.1) is 0 Å². The zero-order valence-corrected chi connectivity index (χ0v) is 17.1. The molecule has 1 N–H and O–H groups in total. The van der Waals surface area contributed by atoms with Crippen LogP contribution < -0.4 is 5.32 Å².